The van der Waals surface area contributed by atoms with Crippen molar-refractivity contribution in [1.82, 2.24) is 14.7 Å². The molecule has 0 radical (unpaired) electrons. The van der Waals surface area contributed by atoms with Crippen LogP contribution in [0.1, 0.15) is 6.92 Å². The molecule has 0 aliphatic carbocycles. The van der Waals surface area contributed by atoms with E-state index in [1.165, 1.54) is 11.0 Å². The standard InChI is InChI=1S/C17H18N4O2/c1-3-16(22)20-9-5-6-15(20)17(23)19-13-7-8-14-12(10-13)11-18-21(14)4-2/h3,5-8,10-11,15H,1,4,9H2,2H3,(H,19,23)/t15-/m0/s1. The number of hydrogen-bond acceptors (Lipinski definition) is 3. The summed E-state index contributed by atoms with van der Waals surface area (Å²) < 4.78 is 1.89. The molecule has 3 rings (SSSR count). The van der Waals surface area contributed by atoms with E-state index in [4.69, 9.17) is 0 Å². The lowest BCUT2D eigenvalue weighted by atomic mass is 10.2. The maximum absolute atomic E-state index is 12.4. The van der Waals surface area contributed by atoms with Gasteiger partial charge in [-0.15, -0.1) is 0 Å². The average molecular weight is 310 g/mol. The lowest BCUT2D eigenvalue weighted by Gasteiger charge is -2.22. The molecule has 118 valence electrons. The monoisotopic (exact) mass is 310 g/mol. The Kier molecular flexibility index (Phi) is 3.97. The molecule has 1 aliphatic rings. The van der Waals surface area contributed by atoms with Gasteiger partial charge in [-0.1, -0.05) is 18.7 Å². The van der Waals surface area contributed by atoms with Crippen molar-refractivity contribution in [1.29, 1.82) is 0 Å². The van der Waals surface area contributed by atoms with Gasteiger partial charge in [-0.2, -0.15) is 5.10 Å². The van der Waals surface area contributed by atoms with Crippen LogP contribution in [0.2, 0.25) is 0 Å². The van der Waals surface area contributed by atoms with E-state index < -0.39 is 6.04 Å². The summed E-state index contributed by atoms with van der Waals surface area (Å²) in [6.45, 7) is 6.71. The fourth-order valence-corrected chi connectivity index (χ4v) is 2.73. The van der Waals surface area contributed by atoms with Crippen LogP contribution in [0.3, 0.4) is 0 Å². The van der Waals surface area contributed by atoms with Crippen molar-refractivity contribution in [2.45, 2.75) is 19.5 Å². The largest absolute Gasteiger partial charge is 0.324 e. The van der Waals surface area contributed by atoms with Crippen LogP contribution in [0.15, 0.2) is 49.2 Å². The predicted molar refractivity (Wildman–Crippen MR) is 88.9 cm³/mol. The van der Waals surface area contributed by atoms with Gasteiger partial charge in [-0.3, -0.25) is 14.3 Å². The maximum atomic E-state index is 12.4. The topological polar surface area (TPSA) is 67.2 Å². The van der Waals surface area contributed by atoms with Crippen LogP contribution in [0.5, 0.6) is 0 Å². The number of hydrogen-bond donors (Lipinski definition) is 1. The van der Waals surface area contributed by atoms with Gasteiger partial charge < -0.3 is 10.2 Å². The minimum absolute atomic E-state index is 0.240. The minimum atomic E-state index is -0.602. The van der Waals surface area contributed by atoms with Gasteiger partial charge in [0.1, 0.15) is 6.04 Å². The fourth-order valence-electron chi connectivity index (χ4n) is 2.73. The summed E-state index contributed by atoms with van der Waals surface area (Å²) >= 11 is 0. The number of carbonyl (C=O) groups is 2. The van der Waals surface area contributed by atoms with Crippen LogP contribution >= 0.6 is 0 Å². The molecule has 2 heterocycles. The summed E-state index contributed by atoms with van der Waals surface area (Å²) in [5, 5.41) is 8.11. The Morgan fingerprint density at radius 3 is 3.04 bits per heavy atom. The van der Waals surface area contributed by atoms with E-state index in [1.54, 1.807) is 18.3 Å². The van der Waals surface area contributed by atoms with E-state index in [9.17, 15) is 9.59 Å². The zero-order valence-corrected chi connectivity index (χ0v) is 12.9. The van der Waals surface area contributed by atoms with Crippen molar-refractivity contribution < 1.29 is 9.59 Å². The van der Waals surface area contributed by atoms with Crippen molar-refractivity contribution in [3.8, 4) is 0 Å². The summed E-state index contributed by atoms with van der Waals surface area (Å²) in [5.41, 5.74) is 1.71. The first kappa shape index (κ1) is 15.0. The van der Waals surface area contributed by atoms with Gasteiger partial charge in [0.05, 0.1) is 11.7 Å². The Balaban J connectivity index is 1.78. The average Bonchev–Trinajstić information content (AvgIpc) is 3.20. The molecular formula is C17H18N4O2. The second kappa shape index (κ2) is 6.08. The molecule has 2 amide bonds. The Labute approximate surface area is 134 Å². The molecular weight excluding hydrogens is 292 g/mol. The van der Waals surface area contributed by atoms with Gasteiger partial charge in [0.2, 0.25) is 5.91 Å². The summed E-state index contributed by atoms with van der Waals surface area (Å²) in [4.78, 5) is 25.7. The highest BCUT2D eigenvalue weighted by molar-refractivity contribution is 6.01. The third kappa shape index (κ3) is 2.75. The van der Waals surface area contributed by atoms with Crippen LogP contribution in [0.4, 0.5) is 5.69 Å². The van der Waals surface area contributed by atoms with E-state index in [-0.39, 0.29) is 11.8 Å². The first-order chi connectivity index (χ1) is 11.1. The maximum Gasteiger partial charge on any atom is 0.251 e. The molecule has 0 saturated carbocycles. The van der Waals surface area contributed by atoms with Crippen molar-refractivity contribution in [2.75, 3.05) is 11.9 Å². The zero-order chi connectivity index (χ0) is 16.4. The molecule has 1 atom stereocenters. The van der Waals surface area contributed by atoms with Gasteiger partial charge in [-0.05, 0) is 31.2 Å². The summed E-state index contributed by atoms with van der Waals surface area (Å²) in [7, 11) is 0. The van der Waals surface area contributed by atoms with Gasteiger partial charge in [0.15, 0.2) is 0 Å². The fraction of sp³-hybridized carbons (Fsp3) is 0.235. The van der Waals surface area contributed by atoms with Crippen LogP contribution in [0, 0.1) is 0 Å². The molecule has 1 aromatic carbocycles. The number of anilines is 1. The van der Waals surface area contributed by atoms with E-state index in [1.807, 2.05) is 29.8 Å². The van der Waals surface area contributed by atoms with Crippen molar-refractivity contribution in [2.24, 2.45) is 0 Å². The summed E-state index contributed by atoms with van der Waals surface area (Å²) in [6, 6.07) is 5.05. The van der Waals surface area contributed by atoms with E-state index in [2.05, 4.69) is 17.0 Å². The smallest absolute Gasteiger partial charge is 0.251 e. The Morgan fingerprint density at radius 1 is 1.48 bits per heavy atom. The van der Waals surface area contributed by atoms with Crippen molar-refractivity contribution in [3.63, 3.8) is 0 Å². The number of aryl methyl sites for hydroxylation is 1. The van der Waals surface area contributed by atoms with Gasteiger partial charge >= 0.3 is 0 Å². The summed E-state index contributed by atoms with van der Waals surface area (Å²) in [5.74, 6) is -0.494. The predicted octanol–water partition coefficient (Wildman–Crippen LogP) is 1.95. The molecule has 2 aromatic rings. The SMILES string of the molecule is C=CC(=O)N1CC=C[C@H]1C(=O)Nc1ccc2c(cnn2CC)c1. The molecule has 1 aliphatic heterocycles. The van der Waals surface area contributed by atoms with Gasteiger partial charge in [-0.25, -0.2) is 0 Å². The molecule has 0 saturated heterocycles. The molecule has 0 fully saturated rings. The number of nitrogens with zero attached hydrogens (tertiary/aromatic N) is 3. The Morgan fingerprint density at radius 2 is 2.30 bits per heavy atom. The van der Waals surface area contributed by atoms with Crippen LogP contribution in [-0.2, 0) is 16.1 Å². The lowest BCUT2D eigenvalue weighted by Crippen LogP contribution is -2.42. The molecule has 0 spiro atoms. The Hall–Kier alpha value is -2.89. The lowest BCUT2D eigenvalue weighted by molar-refractivity contribution is -0.131. The van der Waals surface area contributed by atoms with Crippen LogP contribution in [-0.4, -0.2) is 39.1 Å². The van der Waals surface area contributed by atoms with Crippen molar-refractivity contribution >= 4 is 28.4 Å². The van der Waals surface area contributed by atoms with Crippen molar-refractivity contribution in [3.05, 3.63) is 49.2 Å². The van der Waals surface area contributed by atoms with Crippen LogP contribution in [0.25, 0.3) is 10.9 Å². The Bertz CT molecular complexity index is 806. The number of nitrogens with one attached hydrogen (secondary N) is 1. The molecule has 23 heavy (non-hydrogen) atoms. The van der Waals surface area contributed by atoms with E-state index >= 15 is 0 Å². The number of amides is 2. The molecule has 6 heteroatoms. The normalized spacial score (nSPS) is 16.7. The second-order valence-corrected chi connectivity index (χ2v) is 5.29. The van der Waals surface area contributed by atoms with E-state index in [0.29, 0.717) is 12.2 Å². The molecule has 1 N–H and O–H groups in total. The second-order valence-electron chi connectivity index (χ2n) is 5.29. The highest BCUT2D eigenvalue weighted by atomic mass is 16.2. The molecule has 0 bridgehead atoms. The number of benzene rings is 1. The molecule has 1 aromatic heterocycles. The zero-order valence-electron chi connectivity index (χ0n) is 12.9. The molecule has 6 nitrogen and oxygen atoms in total. The quantitative estimate of drug-likeness (QED) is 0.693. The number of aromatic nitrogens is 2. The highest BCUT2D eigenvalue weighted by Gasteiger charge is 2.29. The minimum Gasteiger partial charge on any atom is -0.324 e. The third-order valence-electron chi connectivity index (χ3n) is 3.89. The van der Waals surface area contributed by atoms with Gasteiger partial charge in [0, 0.05) is 24.2 Å². The first-order valence-corrected chi connectivity index (χ1v) is 7.50. The van der Waals surface area contributed by atoms with Crippen LogP contribution < -0.4 is 5.32 Å². The number of carbonyl (C=O) groups excluding carboxylic acids is 2. The number of fused-ring (bicyclic) bond motifs is 1. The summed E-state index contributed by atoms with van der Waals surface area (Å²) in [6.07, 6.45) is 6.53. The number of rotatable bonds is 4. The third-order valence-corrected chi connectivity index (χ3v) is 3.89. The molecule has 0 unspecified atom stereocenters. The highest BCUT2D eigenvalue weighted by Crippen LogP contribution is 2.20. The first-order valence-electron chi connectivity index (χ1n) is 7.50. The van der Waals surface area contributed by atoms with Gasteiger partial charge in [0.25, 0.3) is 5.91 Å². The van der Waals surface area contributed by atoms with E-state index in [0.717, 1.165) is 17.4 Å².